The van der Waals surface area contributed by atoms with Gasteiger partial charge in [0.25, 0.3) is 0 Å². The monoisotopic (exact) mass is 289 g/mol. The molecular formula is C14H22F3N3. The van der Waals surface area contributed by atoms with E-state index in [1.54, 1.807) is 4.68 Å². The van der Waals surface area contributed by atoms with Gasteiger partial charge in [-0.05, 0) is 44.7 Å². The molecule has 0 bridgehead atoms. The molecule has 6 heteroatoms. The molecule has 0 spiro atoms. The van der Waals surface area contributed by atoms with E-state index in [0.717, 1.165) is 12.1 Å². The molecule has 1 fully saturated rings. The molecule has 0 radical (unpaired) electrons. The third-order valence-electron chi connectivity index (χ3n) is 4.37. The van der Waals surface area contributed by atoms with Crippen molar-refractivity contribution >= 4 is 0 Å². The quantitative estimate of drug-likeness (QED) is 0.923. The predicted molar refractivity (Wildman–Crippen MR) is 71.3 cm³/mol. The van der Waals surface area contributed by atoms with Gasteiger partial charge in [-0.3, -0.25) is 4.68 Å². The molecule has 1 unspecified atom stereocenters. The molecular weight excluding hydrogens is 267 g/mol. The Morgan fingerprint density at radius 1 is 1.35 bits per heavy atom. The second-order valence-electron chi connectivity index (χ2n) is 5.73. The van der Waals surface area contributed by atoms with Crippen LogP contribution in [0.3, 0.4) is 0 Å². The molecule has 3 nitrogen and oxygen atoms in total. The van der Waals surface area contributed by atoms with Gasteiger partial charge in [0.15, 0.2) is 0 Å². The first-order valence-corrected chi connectivity index (χ1v) is 7.12. The molecule has 20 heavy (non-hydrogen) atoms. The van der Waals surface area contributed by atoms with Crippen LogP contribution >= 0.6 is 0 Å². The van der Waals surface area contributed by atoms with Crippen LogP contribution < -0.4 is 5.32 Å². The summed E-state index contributed by atoms with van der Waals surface area (Å²) in [6, 6.07) is 2.17. The van der Waals surface area contributed by atoms with E-state index >= 15 is 0 Å². The highest BCUT2D eigenvalue weighted by molar-refractivity contribution is 5.02. The van der Waals surface area contributed by atoms with Crippen LogP contribution in [0.2, 0.25) is 0 Å². The highest BCUT2D eigenvalue weighted by Crippen LogP contribution is 2.40. The van der Waals surface area contributed by atoms with Crippen molar-refractivity contribution < 1.29 is 13.2 Å². The van der Waals surface area contributed by atoms with Gasteiger partial charge < -0.3 is 5.32 Å². The van der Waals surface area contributed by atoms with Gasteiger partial charge in [0.05, 0.1) is 11.6 Å². The van der Waals surface area contributed by atoms with E-state index in [1.807, 2.05) is 26.4 Å². The first-order valence-electron chi connectivity index (χ1n) is 7.12. The molecule has 1 aromatic heterocycles. The van der Waals surface area contributed by atoms with Crippen LogP contribution in [0.15, 0.2) is 12.3 Å². The van der Waals surface area contributed by atoms with Gasteiger partial charge in [-0.2, -0.15) is 18.3 Å². The van der Waals surface area contributed by atoms with Crippen LogP contribution in [0.5, 0.6) is 0 Å². The fourth-order valence-electron chi connectivity index (χ4n) is 3.15. The number of hydrogen-bond donors (Lipinski definition) is 1. The Bertz CT molecular complexity index is 420. The van der Waals surface area contributed by atoms with Crippen LogP contribution in [0.25, 0.3) is 0 Å². The molecule has 1 heterocycles. The molecule has 0 saturated heterocycles. The van der Waals surface area contributed by atoms with Crippen molar-refractivity contribution in [1.29, 1.82) is 0 Å². The molecule has 2 rings (SSSR count). The van der Waals surface area contributed by atoms with E-state index < -0.39 is 12.1 Å². The number of hydrogen-bond acceptors (Lipinski definition) is 2. The first kappa shape index (κ1) is 15.4. The van der Waals surface area contributed by atoms with Gasteiger partial charge in [0.2, 0.25) is 0 Å². The molecule has 0 aliphatic heterocycles. The fourth-order valence-corrected chi connectivity index (χ4v) is 3.15. The zero-order valence-corrected chi connectivity index (χ0v) is 12.0. The molecule has 1 atom stereocenters. The van der Waals surface area contributed by atoms with Crippen molar-refractivity contribution in [2.24, 2.45) is 18.9 Å². The van der Waals surface area contributed by atoms with Crippen molar-refractivity contribution in [3.8, 4) is 0 Å². The number of aromatic nitrogens is 2. The average molecular weight is 289 g/mol. The summed E-state index contributed by atoms with van der Waals surface area (Å²) in [6.07, 6.45) is 0.441. The highest BCUT2D eigenvalue weighted by atomic mass is 19.4. The minimum Gasteiger partial charge on any atom is -0.316 e. The lowest BCUT2D eigenvalue weighted by atomic mass is 9.77. The largest absolute Gasteiger partial charge is 0.391 e. The summed E-state index contributed by atoms with van der Waals surface area (Å²) in [5.41, 5.74) is 0.991. The molecule has 1 aliphatic carbocycles. The van der Waals surface area contributed by atoms with Crippen LogP contribution in [-0.2, 0) is 13.5 Å². The van der Waals surface area contributed by atoms with Crippen molar-refractivity contribution in [2.45, 2.75) is 44.3 Å². The standard InChI is InChI=1S/C14H22F3N3/c1-18-13(9-12-7-8-20(2)19-12)10-3-5-11(6-4-10)14(15,16)17/h7-8,10-11,13,18H,3-6,9H2,1-2H3. The lowest BCUT2D eigenvalue weighted by molar-refractivity contribution is -0.184. The lowest BCUT2D eigenvalue weighted by Crippen LogP contribution is -2.39. The van der Waals surface area contributed by atoms with E-state index in [0.29, 0.717) is 18.8 Å². The zero-order chi connectivity index (χ0) is 14.8. The summed E-state index contributed by atoms with van der Waals surface area (Å²) in [5.74, 6) is -0.799. The second kappa shape index (κ2) is 6.16. The van der Waals surface area contributed by atoms with Crippen molar-refractivity contribution in [1.82, 2.24) is 15.1 Å². The Balaban J connectivity index is 1.90. The van der Waals surface area contributed by atoms with Crippen LogP contribution in [0.1, 0.15) is 31.4 Å². The van der Waals surface area contributed by atoms with Gasteiger partial charge in [-0.25, -0.2) is 0 Å². The fraction of sp³-hybridized carbons (Fsp3) is 0.786. The van der Waals surface area contributed by atoms with E-state index in [2.05, 4.69) is 10.4 Å². The third-order valence-corrected chi connectivity index (χ3v) is 4.37. The Morgan fingerprint density at radius 2 is 2.00 bits per heavy atom. The maximum absolute atomic E-state index is 12.7. The van der Waals surface area contributed by atoms with E-state index in [-0.39, 0.29) is 18.9 Å². The SMILES string of the molecule is CNC(Cc1ccn(C)n1)C1CCC(C(F)(F)F)CC1. The third kappa shape index (κ3) is 3.75. The van der Waals surface area contributed by atoms with Crippen LogP contribution in [0, 0.1) is 11.8 Å². The molecule has 0 amide bonds. The minimum absolute atomic E-state index is 0.207. The number of aryl methyl sites for hydroxylation is 1. The van der Waals surface area contributed by atoms with E-state index in [9.17, 15) is 13.2 Å². The summed E-state index contributed by atoms with van der Waals surface area (Å²) in [6.45, 7) is 0. The smallest absolute Gasteiger partial charge is 0.316 e. The summed E-state index contributed by atoms with van der Waals surface area (Å²) in [7, 11) is 3.75. The van der Waals surface area contributed by atoms with Gasteiger partial charge in [-0.1, -0.05) is 0 Å². The number of nitrogens with zero attached hydrogens (tertiary/aromatic N) is 2. The van der Waals surface area contributed by atoms with Crippen molar-refractivity contribution in [3.63, 3.8) is 0 Å². The number of rotatable bonds is 4. The maximum atomic E-state index is 12.7. The number of halogens is 3. The molecule has 0 aromatic carbocycles. The second-order valence-corrected chi connectivity index (χ2v) is 5.73. The molecule has 1 saturated carbocycles. The minimum atomic E-state index is -4.03. The Hall–Kier alpha value is -1.04. The first-order chi connectivity index (χ1) is 9.40. The summed E-state index contributed by atoms with van der Waals surface area (Å²) in [5, 5.41) is 7.60. The zero-order valence-electron chi connectivity index (χ0n) is 12.0. The van der Waals surface area contributed by atoms with Gasteiger partial charge >= 0.3 is 6.18 Å². The Kier molecular flexibility index (Phi) is 4.73. The maximum Gasteiger partial charge on any atom is 0.391 e. The topological polar surface area (TPSA) is 29.9 Å². The molecule has 1 aliphatic rings. The Morgan fingerprint density at radius 3 is 2.45 bits per heavy atom. The van der Waals surface area contributed by atoms with Gasteiger partial charge in [0, 0.05) is 25.7 Å². The van der Waals surface area contributed by atoms with E-state index in [4.69, 9.17) is 0 Å². The normalized spacial score (nSPS) is 25.6. The van der Waals surface area contributed by atoms with E-state index in [1.165, 1.54) is 0 Å². The average Bonchev–Trinajstić information content (AvgIpc) is 2.81. The summed E-state index contributed by atoms with van der Waals surface area (Å²) >= 11 is 0. The molecule has 1 aromatic rings. The van der Waals surface area contributed by atoms with Crippen LogP contribution in [0.4, 0.5) is 13.2 Å². The summed E-state index contributed by atoms with van der Waals surface area (Å²) in [4.78, 5) is 0. The number of nitrogens with one attached hydrogen (secondary N) is 1. The lowest BCUT2D eigenvalue weighted by Gasteiger charge is -2.34. The predicted octanol–water partition coefficient (Wildman–Crippen LogP) is 2.92. The molecule has 1 N–H and O–H groups in total. The summed E-state index contributed by atoms with van der Waals surface area (Å²) < 4.78 is 39.8. The highest BCUT2D eigenvalue weighted by Gasteiger charge is 2.42. The van der Waals surface area contributed by atoms with Gasteiger partial charge in [-0.15, -0.1) is 0 Å². The van der Waals surface area contributed by atoms with Crippen molar-refractivity contribution in [3.05, 3.63) is 18.0 Å². The molecule has 114 valence electrons. The van der Waals surface area contributed by atoms with Gasteiger partial charge in [0.1, 0.15) is 0 Å². The Labute approximate surface area is 117 Å². The number of likely N-dealkylation sites (N-methyl/N-ethyl adjacent to an activating group) is 1. The van der Waals surface area contributed by atoms with Crippen LogP contribution in [-0.4, -0.2) is 29.0 Å². The van der Waals surface area contributed by atoms with Crippen molar-refractivity contribution in [2.75, 3.05) is 7.05 Å². The number of alkyl halides is 3.